The fraction of sp³-hybridized carbons (Fsp3) is 0.267. The molecule has 19 heavy (non-hydrogen) atoms. The van der Waals surface area contributed by atoms with Gasteiger partial charge in [-0.15, -0.1) is 0 Å². The van der Waals surface area contributed by atoms with Crippen LogP contribution in [0, 0.1) is 12.7 Å². The number of para-hydroxylation sites is 1. The Morgan fingerprint density at radius 3 is 2.68 bits per heavy atom. The van der Waals surface area contributed by atoms with Gasteiger partial charge in [-0.05, 0) is 32.2 Å². The van der Waals surface area contributed by atoms with Gasteiger partial charge in [-0.1, -0.05) is 12.1 Å². The Morgan fingerprint density at radius 2 is 2.00 bits per heavy atom. The molecule has 1 aromatic carbocycles. The molecule has 0 spiro atoms. The Bertz CT molecular complexity index is 569. The lowest BCUT2D eigenvalue weighted by Gasteiger charge is -2.23. The summed E-state index contributed by atoms with van der Waals surface area (Å²) in [6.45, 7) is 2.63. The van der Waals surface area contributed by atoms with Crippen molar-refractivity contribution in [2.24, 2.45) is 0 Å². The van der Waals surface area contributed by atoms with Crippen LogP contribution in [0.25, 0.3) is 0 Å². The predicted octanol–water partition coefficient (Wildman–Crippen LogP) is 3.02. The molecule has 2 rings (SSSR count). The van der Waals surface area contributed by atoms with Crippen LogP contribution in [0.1, 0.15) is 11.3 Å². The molecule has 100 valence electrons. The third-order valence-electron chi connectivity index (χ3n) is 3.04. The normalized spacial score (nSPS) is 10.5. The van der Waals surface area contributed by atoms with Gasteiger partial charge < -0.3 is 10.2 Å². The van der Waals surface area contributed by atoms with Crippen LogP contribution in [0.2, 0.25) is 0 Å². The van der Waals surface area contributed by atoms with Crippen molar-refractivity contribution in [2.45, 2.75) is 13.5 Å². The van der Waals surface area contributed by atoms with Crippen molar-refractivity contribution in [1.82, 2.24) is 10.3 Å². The van der Waals surface area contributed by atoms with E-state index in [-0.39, 0.29) is 5.82 Å². The van der Waals surface area contributed by atoms with Crippen LogP contribution in [0.4, 0.5) is 15.8 Å². The first-order valence-corrected chi connectivity index (χ1v) is 6.22. The average Bonchev–Trinajstić information content (AvgIpc) is 2.41. The SMILES string of the molecule is CNCc1cnc(C)cc1N(C)c1ccccc1F. The van der Waals surface area contributed by atoms with Crippen molar-refractivity contribution in [3.63, 3.8) is 0 Å². The number of pyridine rings is 1. The fourth-order valence-electron chi connectivity index (χ4n) is 2.07. The number of rotatable bonds is 4. The Kier molecular flexibility index (Phi) is 4.12. The lowest BCUT2D eigenvalue weighted by Crippen LogP contribution is -2.16. The predicted molar refractivity (Wildman–Crippen MR) is 76.2 cm³/mol. The van der Waals surface area contributed by atoms with Gasteiger partial charge in [0.2, 0.25) is 0 Å². The van der Waals surface area contributed by atoms with Gasteiger partial charge in [0.25, 0.3) is 0 Å². The minimum Gasteiger partial charge on any atom is -0.342 e. The third kappa shape index (κ3) is 2.90. The van der Waals surface area contributed by atoms with Crippen LogP contribution < -0.4 is 10.2 Å². The standard InChI is InChI=1S/C15H18FN3/c1-11-8-15(12(9-17-2)10-18-11)19(3)14-7-5-4-6-13(14)16/h4-8,10,17H,9H2,1-3H3. The molecule has 0 amide bonds. The summed E-state index contributed by atoms with van der Waals surface area (Å²) in [5, 5.41) is 3.10. The molecule has 0 atom stereocenters. The molecule has 0 aliphatic heterocycles. The zero-order chi connectivity index (χ0) is 13.8. The largest absolute Gasteiger partial charge is 0.342 e. The van der Waals surface area contributed by atoms with E-state index in [2.05, 4.69) is 10.3 Å². The van der Waals surface area contributed by atoms with Crippen molar-refractivity contribution in [2.75, 3.05) is 19.0 Å². The molecule has 0 saturated heterocycles. The van der Waals surface area contributed by atoms with Gasteiger partial charge in [0.1, 0.15) is 5.82 Å². The highest BCUT2D eigenvalue weighted by Gasteiger charge is 2.13. The summed E-state index contributed by atoms with van der Waals surface area (Å²) in [5.74, 6) is -0.227. The smallest absolute Gasteiger partial charge is 0.146 e. The molecule has 3 nitrogen and oxygen atoms in total. The lowest BCUT2D eigenvalue weighted by atomic mass is 10.1. The quantitative estimate of drug-likeness (QED) is 0.914. The summed E-state index contributed by atoms with van der Waals surface area (Å²) >= 11 is 0. The molecular weight excluding hydrogens is 241 g/mol. The maximum absolute atomic E-state index is 13.9. The van der Waals surface area contributed by atoms with Gasteiger partial charge in [-0.2, -0.15) is 0 Å². The zero-order valence-corrected chi connectivity index (χ0v) is 11.4. The highest BCUT2D eigenvalue weighted by molar-refractivity contribution is 5.66. The highest BCUT2D eigenvalue weighted by atomic mass is 19.1. The number of anilines is 2. The van der Waals surface area contributed by atoms with Gasteiger partial charge in [-0.3, -0.25) is 4.98 Å². The summed E-state index contributed by atoms with van der Waals surface area (Å²) < 4.78 is 13.9. The lowest BCUT2D eigenvalue weighted by molar-refractivity contribution is 0.627. The van der Waals surface area contributed by atoms with Crippen molar-refractivity contribution >= 4 is 11.4 Å². The van der Waals surface area contributed by atoms with E-state index < -0.39 is 0 Å². The van der Waals surface area contributed by atoms with E-state index in [9.17, 15) is 4.39 Å². The summed E-state index contributed by atoms with van der Waals surface area (Å²) in [4.78, 5) is 6.15. The monoisotopic (exact) mass is 259 g/mol. The van der Waals surface area contributed by atoms with Crippen LogP contribution in [-0.4, -0.2) is 19.1 Å². The average molecular weight is 259 g/mol. The van der Waals surface area contributed by atoms with Crippen molar-refractivity contribution in [1.29, 1.82) is 0 Å². The molecule has 1 aromatic heterocycles. The van der Waals surface area contributed by atoms with Crippen LogP contribution >= 0.6 is 0 Å². The zero-order valence-electron chi connectivity index (χ0n) is 11.4. The van der Waals surface area contributed by atoms with Gasteiger partial charge >= 0.3 is 0 Å². The van der Waals surface area contributed by atoms with Gasteiger partial charge in [0.05, 0.1) is 5.69 Å². The second-order valence-electron chi connectivity index (χ2n) is 4.50. The molecule has 0 bridgehead atoms. The Hall–Kier alpha value is -1.94. The number of halogens is 1. The highest BCUT2D eigenvalue weighted by Crippen LogP contribution is 2.29. The number of hydrogen-bond donors (Lipinski definition) is 1. The van der Waals surface area contributed by atoms with E-state index in [4.69, 9.17) is 0 Å². The Labute approximate surface area is 113 Å². The number of aryl methyl sites for hydroxylation is 1. The van der Waals surface area contributed by atoms with E-state index >= 15 is 0 Å². The number of hydrogen-bond acceptors (Lipinski definition) is 3. The van der Waals surface area contributed by atoms with Crippen LogP contribution in [-0.2, 0) is 6.54 Å². The van der Waals surface area contributed by atoms with Crippen LogP contribution in [0.3, 0.4) is 0 Å². The molecule has 0 aliphatic carbocycles. The minimum atomic E-state index is -0.227. The molecular formula is C15H18FN3. The molecule has 0 saturated carbocycles. The molecule has 0 radical (unpaired) electrons. The maximum Gasteiger partial charge on any atom is 0.146 e. The maximum atomic E-state index is 13.9. The van der Waals surface area contributed by atoms with Crippen LogP contribution in [0.15, 0.2) is 36.5 Å². The molecule has 0 unspecified atom stereocenters. The Balaban J connectivity index is 2.45. The number of aromatic nitrogens is 1. The summed E-state index contributed by atoms with van der Waals surface area (Å²) in [6.07, 6.45) is 1.83. The van der Waals surface area contributed by atoms with Crippen molar-refractivity contribution in [3.8, 4) is 0 Å². The first-order valence-electron chi connectivity index (χ1n) is 6.22. The number of benzene rings is 1. The molecule has 0 fully saturated rings. The first-order chi connectivity index (χ1) is 9.13. The molecule has 0 aliphatic rings. The van der Waals surface area contributed by atoms with Gasteiger partial charge in [0.15, 0.2) is 0 Å². The van der Waals surface area contributed by atoms with E-state index in [1.165, 1.54) is 6.07 Å². The molecule has 2 aromatic rings. The van der Waals surface area contributed by atoms with E-state index in [0.29, 0.717) is 12.2 Å². The van der Waals surface area contributed by atoms with Crippen LogP contribution in [0.5, 0.6) is 0 Å². The van der Waals surface area contributed by atoms with Gasteiger partial charge in [-0.25, -0.2) is 4.39 Å². The van der Waals surface area contributed by atoms with E-state index in [1.807, 2.05) is 44.2 Å². The first kappa shape index (κ1) is 13.5. The fourth-order valence-corrected chi connectivity index (χ4v) is 2.07. The minimum absolute atomic E-state index is 0.227. The third-order valence-corrected chi connectivity index (χ3v) is 3.04. The Morgan fingerprint density at radius 1 is 1.26 bits per heavy atom. The van der Waals surface area contributed by atoms with Crippen molar-refractivity contribution in [3.05, 3.63) is 53.6 Å². The number of nitrogens with one attached hydrogen (secondary N) is 1. The summed E-state index contributed by atoms with van der Waals surface area (Å²) in [5.41, 5.74) is 3.48. The summed E-state index contributed by atoms with van der Waals surface area (Å²) in [7, 11) is 3.75. The van der Waals surface area contributed by atoms with Gasteiger partial charge in [0, 0.05) is 36.7 Å². The van der Waals surface area contributed by atoms with E-state index in [1.54, 1.807) is 12.1 Å². The summed E-state index contributed by atoms with van der Waals surface area (Å²) in [6, 6.07) is 8.74. The second-order valence-corrected chi connectivity index (χ2v) is 4.50. The molecule has 1 heterocycles. The van der Waals surface area contributed by atoms with E-state index in [0.717, 1.165) is 16.9 Å². The topological polar surface area (TPSA) is 28.2 Å². The molecule has 4 heteroatoms. The number of nitrogens with zero attached hydrogens (tertiary/aromatic N) is 2. The second kappa shape index (κ2) is 5.80. The molecule has 1 N–H and O–H groups in total. The van der Waals surface area contributed by atoms with Crippen molar-refractivity contribution < 1.29 is 4.39 Å².